The van der Waals surface area contributed by atoms with Crippen molar-refractivity contribution in [2.24, 2.45) is 5.92 Å². The van der Waals surface area contributed by atoms with E-state index in [0.717, 1.165) is 50.9 Å². The zero-order chi connectivity index (χ0) is 17.2. The van der Waals surface area contributed by atoms with Crippen molar-refractivity contribution in [1.82, 2.24) is 25.7 Å². The molecule has 1 aliphatic rings. The van der Waals surface area contributed by atoms with E-state index in [2.05, 4.69) is 20.8 Å². The molecule has 0 aromatic carbocycles. The molecule has 2 rings (SSSR count). The van der Waals surface area contributed by atoms with Crippen LogP contribution in [0.3, 0.4) is 0 Å². The Morgan fingerprint density at radius 1 is 1.29 bits per heavy atom. The second-order valence-corrected chi connectivity index (χ2v) is 6.39. The van der Waals surface area contributed by atoms with Gasteiger partial charge in [-0.15, -0.1) is 0 Å². The third-order valence-electron chi connectivity index (χ3n) is 4.54. The van der Waals surface area contributed by atoms with Crippen LogP contribution in [-0.4, -0.2) is 53.2 Å². The summed E-state index contributed by atoms with van der Waals surface area (Å²) in [4.78, 5) is 25.5. The second kappa shape index (κ2) is 9.95. The van der Waals surface area contributed by atoms with E-state index in [9.17, 15) is 9.59 Å². The largest absolute Gasteiger partial charge is 0.342 e. The van der Waals surface area contributed by atoms with Crippen LogP contribution in [0, 0.1) is 5.92 Å². The molecule has 2 heterocycles. The van der Waals surface area contributed by atoms with E-state index in [4.69, 9.17) is 0 Å². The summed E-state index contributed by atoms with van der Waals surface area (Å²) in [6.07, 6.45) is 9.41. The molecule has 1 aromatic rings. The molecule has 0 radical (unpaired) electrons. The predicted molar refractivity (Wildman–Crippen MR) is 92.5 cm³/mol. The zero-order valence-corrected chi connectivity index (χ0v) is 14.5. The van der Waals surface area contributed by atoms with Gasteiger partial charge in [0.1, 0.15) is 0 Å². The SMILES string of the molecule is CCNC(=O)NCCCCC1CCN(C(=O)Cc2cn[nH]c2)CC1. The molecular formula is C17H29N5O2. The molecular weight excluding hydrogens is 306 g/mol. The number of aromatic nitrogens is 2. The summed E-state index contributed by atoms with van der Waals surface area (Å²) in [6, 6.07) is -0.0815. The number of aromatic amines is 1. The van der Waals surface area contributed by atoms with Gasteiger partial charge in [0.25, 0.3) is 0 Å². The van der Waals surface area contributed by atoms with E-state index >= 15 is 0 Å². The average molecular weight is 335 g/mol. The van der Waals surface area contributed by atoms with Crippen molar-refractivity contribution in [3.63, 3.8) is 0 Å². The van der Waals surface area contributed by atoms with Gasteiger partial charge in [0.05, 0.1) is 12.6 Å². The van der Waals surface area contributed by atoms with Crippen LogP contribution in [0.25, 0.3) is 0 Å². The fourth-order valence-corrected chi connectivity index (χ4v) is 3.11. The van der Waals surface area contributed by atoms with E-state index in [-0.39, 0.29) is 11.9 Å². The van der Waals surface area contributed by atoms with Crippen molar-refractivity contribution in [2.75, 3.05) is 26.2 Å². The summed E-state index contributed by atoms with van der Waals surface area (Å²) in [5.74, 6) is 0.897. The first-order valence-corrected chi connectivity index (χ1v) is 8.96. The molecule has 1 saturated heterocycles. The molecule has 1 fully saturated rings. The highest BCUT2D eigenvalue weighted by Crippen LogP contribution is 2.23. The molecule has 0 atom stereocenters. The highest BCUT2D eigenvalue weighted by atomic mass is 16.2. The number of amides is 3. The molecule has 0 saturated carbocycles. The maximum atomic E-state index is 12.2. The lowest BCUT2D eigenvalue weighted by Gasteiger charge is -2.32. The minimum absolute atomic E-state index is 0.0815. The highest BCUT2D eigenvalue weighted by Gasteiger charge is 2.22. The molecule has 3 amide bonds. The standard InChI is InChI=1S/C17H29N5O2/c1-2-18-17(24)19-8-4-3-5-14-6-9-22(10-7-14)16(23)11-15-12-20-21-13-15/h12-14H,2-11H2,1H3,(H,20,21)(H2,18,19,24). The van der Waals surface area contributed by atoms with Crippen molar-refractivity contribution < 1.29 is 9.59 Å². The summed E-state index contributed by atoms with van der Waals surface area (Å²) < 4.78 is 0. The molecule has 0 spiro atoms. The number of likely N-dealkylation sites (tertiary alicyclic amines) is 1. The van der Waals surface area contributed by atoms with Crippen molar-refractivity contribution in [3.05, 3.63) is 18.0 Å². The van der Waals surface area contributed by atoms with E-state index in [0.29, 0.717) is 18.9 Å². The first-order chi connectivity index (χ1) is 11.7. The Labute approximate surface area is 143 Å². The number of unbranched alkanes of at least 4 members (excludes halogenated alkanes) is 1. The number of nitrogens with zero attached hydrogens (tertiary/aromatic N) is 2. The molecule has 0 aliphatic carbocycles. The average Bonchev–Trinajstić information content (AvgIpc) is 3.08. The molecule has 1 aromatic heterocycles. The van der Waals surface area contributed by atoms with E-state index in [1.54, 1.807) is 12.4 Å². The maximum Gasteiger partial charge on any atom is 0.314 e. The van der Waals surface area contributed by atoms with Crippen LogP contribution in [0.4, 0.5) is 4.79 Å². The van der Waals surface area contributed by atoms with Crippen LogP contribution in [-0.2, 0) is 11.2 Å². The van der Waals surface area contributed by atoms with Gasteiger partial charge in [-0.05, 0) is 37.7 Å². The van der Waals surface area contributed by atoms with Gasteiger partial charge >= 0.3 is 6.03 Å². The van der Waals surface area contributed by atoms with E-state index in [1.807, 2.05) is 11.8 Å². The third kappa shape index (κ3) is 6.22. The van der Waals surface area contributed by atoms with Gasteiger partial charge in [0.2, 0.25) is 5.91 Å². The molecule has 3 N–H and O–H groups in total. The molecule has 7 heteroatoms. The van der Waals surface area contributed by atoms with Crippen molar-refractivity contribution in [1.29, 1.82) is 0 Å². The number of carbonyl (C=O) groups is 2. The Morgan fingerprint density at radius 3 is 2.75 bits per heavy atom. The summed E-state index contributed by atoms with van der Waals surface area (Å²) >= 11 is 0. The maximum absolute atomic E-state index is 12.2. The summed E-state index contributed by atoms with van der Waals surface area (Å²) in [6.45, 7) is 5.01. The number of nitrogens with one attached hydrogen (secondary N) is 3. The fourth-order valence-electron chi connectivity index (χ4n) is 3.11. The van der Waals surface area contributed by atoms with Gasteiger partial charge in [-0.2, -0.15) is 5.10 Å². The Hall–Kier alpha value is -2.05. The number of hydrogen-bond donors (Lipinski definition) is 3. The molecule has 1 aliphatic heterocycles. The van der Waals surface area contributed by atoms with Gasteiger partial charge < -0.3 is 15.5 Å². The Balaban J connectivity index is 1.54. The Morgan fingerprint density at radius 2 is 2.08 bits per heavy atom. The van der Waals surface area contributed by atoms with E-state index in [1.165, 1.54) is 6.42 Å². The lowest BCUT2D eigenvalue weighted by molar-refractivity contribution is -0.131. The van der Waals surface area contributed by atoms with Crippen LogP contribution in [0.2, 0.25) is 0 Å². The van der Waals surface area contributed by atoms with Crippen LogP contribution in [0.5, 0.6) is 0 Å². The minimum Gasteiger partial charge on any atom is -0.342 e. The molecule has 7 nitrogen and oxygen atoms in total. The minimum atomic E-state index is -0.0815. The number of urea groups is 1. The van der Waals surface area contributed by atoms with Crippen molar-refractivity contribution in [3.8, 4) is 0 Å². The van der Waals surface area contributed by atoms with Crippen LogP contribution >= 0.6 is 0 Å². The summed E-state index contributed by atoms with van der Waals surface area (Å²) in [5, 5.41) is 12.2. The lowest BCUT2D eigenvalue weighted by Crippen LogP contribution is -2.39. The summed E-state index contributed by atoms with van der Waals surface area (Å²) in [7, 11) is 0. The van der Waals surface area contributed by atoms with Gasteiger partial charge in [0.15, 0.2) is 0 Å². The molecule has 24 heavy (non-hydrogen) atoms. The molecule has 0 unspecified atom stereocenters. The fraction of sp³-hybridized carbons (Fsp3) is 0.706. The predicted octanol–water partition coefficient (Wildman–Crippen LogP) is 1.68. The third-order valence-corrected chi connectivity index (χ3v) is 4.54. The van der Waals surface area contributed by atoms with Crippen LogP contribution in [0.1, 0.15) is 44.6 Å². The van der Waals surface area contributed by atoms with Crippen LogP contribution < -0.4 is 10.6 Å². The first kappa shape index (κ1) is 18.3. The van der Waals surface area contributed by atoms with Gasteiger partial charge in [-0.1, -0.05) is 12.8 Å². The zero-order valence-electron chi connectivity index (χ0n) is 14.5. The number of carbonyl (C=O) groups excluding carboxylic acids is 2. The monoisotopic (exact) mass is 335 g/mol. The quantitative estimate of drug-likeness (QED) is 0.631. The Kier molecular flexibility index (Phi) is 7.58. The smallest absolute Gasteiger partial charge is 0.314 e. The van der Waals surface area contributed by atoms with Gasteiger partial charge in [-0.3, -0.25) is 9.89 Å². The van der Waals surface area contributed by atoms with Crippen molar-refractivity contribution in [2.45, 2.75) is 45.4 Å². The summed E-state index contributed by atoms with van der Waals surface area (Å²) in [5.41, 5.74) is 0.946. The van der Waals surface area contributed by atoms with Crippen molar-refractivity contribution >= 4 is 11.9 Å². The van der Waals surface area contributed by atoms with Gasteiger partial charge in [-0.25, -0.2) is 4.79 Å². The normalized spacial score (nSPS) is 15.3. The topological polar surface area (TPSA) is 90.1 Å². The van der Waals surface area contributed by atoms with E-state index < -0.39 is 0 Å². The Bertz CT molecular complexity index is 495. The number of hydrogen-bond acceptors (Lipinski definition) is 3. The first-order valence-electron chi connectivity index (χ1n) is 8.96. The number of piperidine rings is 1. The van der Waals surface area contributed by atoms with Crippen LogP contribution in [0.15, 0.2) is 12.4 Å². The number of H-pyrrole nitrogens is 1. The molecule has 134 valence electrons. The lowest BCUT2D eigenvalue weighted by atomic mass is 9.91. The number of rotatable bonds is 8. The highest BCUT2D eigenvalue weighted by molar-refractivity contribution is 5.78. The molecule has 0 bridgehead atoms. The second-order valence-electron chi connectivity index (χ2n) is 6.39. The van der Waals surface area contributed by atoms with Gasteiger partial charge in [0, 0.05) is 32.4 Å².